The number of aliphatic hydroxyl groups is 2. The normalized spacial score (nSPS) is 24.7. The number of carbonyl (C=O) groups is 1. The number of thioether (sulfide) groups is 1. The van der Waals surface area contributed by atoms with Gasteiger partial charge in [-0.3, -0.25) is 9.13 Å². The van der Waals surface area contributed by atoms with Crippen LogP contribution in [-0.2, 0) is 23.6 Å². The lowest BCUT2D eigenvalue weighted by Crippen LogP contribution is -2.36. The Balaban J connectivity index is 1.81. The van der Waals surface area contributed by atoms with Crippen LogP contribution >= 0.6 is 19.4 Å². The van der Waals surface area contributed by atoms with Crippen molar-refractivity contribution in [2.24, 2.45) is 0 Å². The lowest BCUT2D eigenvalue weighted by atomic mass is 10.1. The second kappa shape index (κ2) is 9.97. The van der Waals surface area contributed by atoms with E-state index in [0.717, 1.165) is 0 Å². The van der Waals surface area contributed by atoms with Crippen molar-refractivity contribution in [1.82, 2.24) is 19.5 Å². The number of nitrogens with two attached hydrogens (primary N) is 1. The molecule has 0 radical (unpaired) electrons. The van der Waals surface area contributed by atoms with E-state index < -0.39 is 50.6 Å². The molecule has 1 aliphatic heterocycles. The zero-order valence-electron chi connectivity index (χ0n) is 17.1. The fourth-order valence-electron chi connectivity index (χ4n) is 3.10. The molecule has 1 aliphatic rings. The quantitative estimate of drug-likeness (QED) is 0.126. The van der Waals surface area contributed by atoms with Crippen LogP contribution in [0.15, 0.2) is 11.5 Å². The largest absolute Gasteiger partial charge is 0.464 e. The lowest BCUT2D eigenvalue weighted by molar-refractivity contribution is -0.155. The number of aliphatic hydroxyl groups excluding tert-OH is 2. The lowest BCUT2D eigenvalue weighted by Gasteiger charge is -2.20. The molecule has 2 aromatic rings. The molecule has 14 nitrogen and oxygen atoms in total. The van der Waals surface area contributed by atoms with E-state index in [2.05, 4.69) is 19.7 Å². The number of nitrogen functional groups attached to an aromatic ring is 1. The number of hydrogen-bond donors (Lipinski definition) is 5. The molecule has 0 aliphatic carbocycles. The van der Waals surface area contributed by atoms with Crippen LogP contribution in [0.5, 0.6) is 0 Å². The van der Waals surface area contributed by atoms with E-state index >= 15 is 0 Å². The number of esters is 1. The summed E-state index contributed by atoms with van der Waals surface area (Å²) in [6.07, 6.45) is -4.03. The number of aromatic nitrogens is 4. The first-order valence-corrected chi connectivity index (χ1v) is 12.2. The van der Waals surface area contributed by atoms with Gasteiger partial charge in [0.15, 0.2) is 22.8 Å². The van der Waals surface area contributed by atoms with Crippen LogP contribution in [0.2, 0.25) is 0 Å². The Labute approximate surface area is 186 Å². The van der Waals surface area contributed by atoms with Crippen LogP contribution in [0.25, 0.3) is 11.2 Å². The third-order valence-corrected chi connectivity index (χ3v) is 6.23. The third-order valence-electron chi connectivity index (χ3n) is 4.52. The SMILES string of the molecule is CCOC(=O)C(OC[C@H]1O[C@@H](n2cnc3c(N)nc(SCC)nc32)[C@H](O)[C@@H]1O)P(=O)(O)O. The molecule has 3 rings (SSSR count). The molecule has 3 heterocycles. The van der Waals surface area contributed by atoms with Crippen molar-refractivity contribution in [2.75, 3.05) is 24.7 Å². The molecule has 178 valence electrons. The van der Waals surface area contributed by atoms with Gasteiger partial charge in [0, 0.05) is 0 Å². The van der Waals surface area contributed by atoms with E-state index in [9.17, 15) is 29.4 Å². The summed E-state index contributed by atoms with van der Waals surface area (Å²) in [5.74, 6) is -2.61. The molecule has 32 heavy (non-hydrogen) atoms. The predicted molar refractivity (Wildman–Crippen MR) is 110 cm³/mol. The van der Waals surface area contributed by atoms with Gasteiger partial charge in [0.05, 0.1) is 19.5 Å². The zero-order chi connectivity index (χ0) is 23.6. The van der Waals surface area contributed by atoms with Crippen LogP contribution in [0.1, 0.15) is 20.1 Å². The number of imidazole rings is 1. The minimum atomic E-state index is -5.01. The number of fused-ring (bicyclic) bond motifs is 1. The summed E-state index contributed by atoms with van der Waals surface area (Å²) in [5, 5.41) is 21.3. The van der Waals surface area contributed by atoms with Gasteiger partial charge in [-0.05, 0) is 12.7 Å². The number of carbonyl (C=O) groups excluding carboxylic acids is 1. The third kappa shape index (κ3) is 5.05. The minimum Gasteiger partial charge on any atom is -0.464 e. The average Bonchev–Trinajstić information content (AvgIpc) is 3.24. The van der Waals surface area contributed by atoms with Crippen molar-refractivity contribution in [3.8, 4) is 0 Å². The maximum atomic E-state index is 11.8. The van der Waals surface area contributed by atoms with Gasteiger partial charge in [0.25, 0.3) is 5.85 Å². The molecule has 6 N–H and O–H groups in total. The first kappa shape index (κ1) is 24.8. The Morgan fingerprint density at radius 1 is 1.34 bits per heavy atom. The van der Waals surface area contributed by atoms with Crippen LogP contribution in [0, 0.1) is 0 Å². The van der Waals surface area contributed by atoms with Gasteiger partial charge in [0.2, 0.25) is 0 Å². The monoisotopic (exact) mass is 493 g/mol. The van der Waals surface area contributed by atoms with Crippen molar-refractivity contribution in [2.45, 2.75) is 49.4 Å². The fraction of sp³-hybridized carbons (Fsp3) is 0.625. The summed E-state index contributed by atoms with van der Waals surface area (Å²) >= 11 is 1.35. The van der Waals surface area contributed by atoms with Gasteiger partial charge in [0.1, 0.15) is 23.8 Å². The van der Waals surface area contributed by atoms with Crippen LogP contribution < -0.4 is 5.73 Å². The average molecular weight is 493 g/mol. The van der Waals surface area contributed by atoms with E-state index in [1.165, 1.54) is 29.6 Å². The highest BCUT2D eigenvalue weighted by atomic mass is 32.2. The Kier molecular flexibility index (Phi) is 7.73. The second-order valence-electron chi connectivity index (χ2n) is 6.72. The molecule has 0 spiro atoms. The standard InChI is InChI=1S/C16H24N5O9PS/c1-3-28-14(24)15(31(25,26)27)29-5-7-9(22)10(23)13(30-7)21-6-18-8-11(17)19-16(32-4-2)20-12(8)21/h6-7,9-10,13,15,22-23H,3-5H2,1-2H3,(H2,17,19,20)(H2,25,26,27)/t7-,9-,10-,13-,15?/m1/s1. The van der Waals surface area contributed by atoms with E-state index in [4.69, 9.17) is 15.2 Å². The van der Waals surface area contributed by atoms with Crippen LogP contribution in [0.3, 0.4) is 0 Å². The first-order chi connectivity index (χ1) is 15.1. The van der Waals surface area contributed by atoms with Crippen molar-refractivity contribution >= 4 is 42.3 Å². The van der Waals surface area contributed by atoms with Gasteiger partial charge in [-0.1, -0.05) is 18.7 Å². The number of anilines is 1. The Bertz CT molecular complexity index is 1020. The summed E-state index contributed by atoms with van der Waals surface area (Å²) in [6, 6.07) is 0. The van der Waals surface area contributed by atoms with Crippen molar-refractivity contribution in [3.63, 3.8) is 0 Å². The Morgan fingerprint density at radius 2 is 2.06 bits per heavy atom. The van der Waals surface area contributed by atoms with Gasteiger partial charge in [-0.15, -0.1) is 0 Å². The molecule has 1 fully saturated rings. The molecule has 1 saturated heterocycles. The van der Waals surface area contributed by atoms with Gasteiger partial charge in [-0.2, -0.15) is 0 Å². The smallest absolute Gasteiger partial charge is 0.365 e. The summed E-state index contributed by atoms with van der Waals surface area (Å²) in [5.41, 5.74) is 6.48. The van der Waals surface area contributed by atoms with Crippen molar-refractivity contribution < 1.29 is 43.6 Å². The maximum absolute atomic E-state index is 11.8. The topological polar surface area (TPSA) is 212 Å². The molecule has 0 saturated carbocycles. The minimum absolute atomic E-state index is 0.112. The number of hydrogen-bond acceptors (Lipinski definition) is 12. The number of rotatable bonds is 9. The van der Waals surface area contributed by atoms with Gasteiger partial charge in [-0.25, -0.2) is 19.7 Å². The molecule has 1 unspecified atom stereocenters. The molecule has 0 amide bonds. The summed E-state index contributed by atoms with van der Waals surface area (Å²) in [7, 11) is -5.01. The molecule has 2 aromatic heterocycles. The Hall–Kier alpha value is -1.84. The predicted octanol–water partition coefficient (Wildman–Crippen LogP) is -0.777. The molecule has 0 bridgehead atoms. The number of ether oxygens (including phenoxy) is 3. The molecule has 5 atom stereocenters. The highest BCUT2D eigenvalue weighted by Gasteiger charge is 2.46. The Morgan fingerprint density at radius 3 is 2.69 bits per heavy atom. The van der Waals surface area contributed by atoms with Crippen LogP contribution in [0.4, 0.5) is 5.82 Å². The zero-order valence-corrected chi connectivity index (χ0v) is 18.8. The highest BCUT2D eigenvalue weighted by molar-refractivity contribution is 7.99. The number of nitrogens with zero attached hydrogens (tertiary/aromatic N) is 4. The molecule has 0 aromatic carbocycles. The highest BCUT2D eigenvalue weighted by Crippen LogP contribution is 2.43. The second-order valence-corrected chi connectivity index (χ2v) is 9.60. The van der Waals surface area contributed by atoms with Crippen molar-refractivity contribution in [3.05, 3.63) is 6.33 Å². The fourth-order valence-corrected chi connectivity index (χ4v) is 4.30. The van der Waals surface area contributed by atoms with E-state index in [-0.39, 0.29) is 23.6 Å². The molecular formula is C16H24N5O9PS. The first-order valence-electron chi connectivity index (χ1n) is 9.56. The van der Waals surface area contributed by atoms with Gasteiger partial charge >= 0.3 is 13.6 Å². The molecular weight excluding hydrogens is 469 g/mol. The molecule has 16 heteroatoms. The van der Waals surface area contributed by atoms with E-state index in [1.807, 2.05) is 6.92 Å². The maximum Gasteiger partial charge on any atom is 0.365 e. The summed E-state index contributed by atoms with van der Waals surface area (Å²) < 4.78 is 28.3. The van der Waals surface area contributed by atoms with E-state index in [0.29, 0.717) is 10.9 Å². The van der Waals surface area contributed by atoms with E-state index in [1.54, 1.807) is 0 Å². The summed E-state index contributed by atoms with van der Waals surface area (Å²) in [4.78, 5) is 43.2. The van der Waals surface area contributed by atoms with Crippen LogP contribution in [-0.4, -0.2) is 88.6 Å². The summed E-state index contributed by atoms with van der Waals surface area (Å²) in [6.45, 7) is 2.66. The van der Waals surface area contributed by atoms with Gasteiger partial charge < -0.3 is 39.9 Å². The van der Waals surface area contributed by atoms with Crippen molar-refractivity contribution in [1.29, 1.82) is 0 Å².